The van der Waals surface area contributed by atoms with Crippen molar-refractivity contribution in [2.45, 2.75) is 116 Å². The molecule has 2 nitrogen and oxygen atoms in total. The first kappa shape index (κ1) is 27.0. The molecule has 2 heteroatoms. The van der Waals surface area contributed by atoms with Crippen molar-refractivity contribution in [1.29, 1.82) is 0 Å². The molecule has 0 aliphatic heterocycles. The fraction of sp³-hybridized carbons (Fsp3) is 0.618. The summed E-state index contributed by atoms with van der Waals surface area (Å²) >= 11 is 0. The van der Waals surface area contributed by atoms with E-state index in [0.717, 1.165) is 41.7 Å². The maximum absolute atomic E-state index is 12.3. The van der Waals surface area contributed by atoms with E-state index in [0.29, 0.717) is 17.9 Å². The van der Waals surface area contributed by atoms with Gasteiger partial charge in [-0.25, -0.2) is 0 Å². The number of Topliss-reactive ketones (excluding diaryl/α,β-unsaturated/α-hetero) is 1. The van der Waals surface area contributed by atoms with Crippen molar-refractivity contribution in [3.05, 3.63) is 53.6 Å². The lowest BCUT2D eigenvalue weighted by molar-refractivity contribution is 0.0977. The van der Waals surface area contributed by atoms with E-state index in [4.69, 9.17) is 0 Å². The number of aromatic hydroxyl groups is 1. The van der Waals surface area contributed by atoms with Gasteiger partial charge in [-0.15, -0.1) is 0 Å². The van der Waals surface area contributed by atoms with Crippen LogP contribution >= 0.6 is 0 Å². The van der Waals surface area contributed by atoms with Crippen molar-refractivity contribution >= 4 is 5.78 Å². The lowest BCUT2D eigenvalue weighted by Crippen LogP contribution is -2.25. The van der Waals surface area contributed by atoms with Gasteiger partial charge in [0.1, 0.15) is 5.75 Å². The van der Waals surface area contributed by atoms with E-state index in [2.05, 4.69) is 38.1 Å². The van der Waals surface area contributed by atoms with E-state index < -0.39 is 0 Å². The second-order valence-corrected chi connectivity index (χ2v) is 11.8. The molecule has 0 unspecified atom stereocenters. The topological polar surface area (TPSA) is 37.3 Å². The van der Waals surface area contributed by atoms with Crippen molar-refractivity contribution in [2.75, 3.05) is 0 Å². The molecule has 2 aromatic carbocycles. The third kappa shape index (κ3) is 7.02. The van der Waals surface area contributed by atoms with Crippen LogP contribution < -0.4 is 0 Å². The molecule has 36 heavy (non-hydrogen) atoms. The Hall–Kier alpha value is -2.09. The number of rotatable bonds is 11. The molecule has 2 aliphatic rings. The average molecular weight is 489 g/mol. The first-order chi connectivity index (χ1) is 17.6. The number of carbonyl (C=O) groups excluding carboxylic acids is 1. The van der Waals surface area contributed by atoms with Crippen LogP contribution in [-0.4, -0.2) is 10.9 Å². The zero-order valence-corrected chi connectivity index (χ0v) is 22.8. The fourth-order valence-corrected chi connectivity index (χ4v) is 6.92. The van der Waals surface area contributed by atoms with Crippen LogP contribution in [0.2, 0.25) is 0 Å². The second-order valence-electron chi connectivity index (χ2n) is 11.8. The molecule has 0 bridgehead atoms. The summed E-state index contributed by atoms with van der Waals surface area (Å²) in [6, 6.07) is 14.5. The van der Waals surface area contributed by atoms with Gasteiger partial charge < -0.3 is 5.11 Å². The van der Waals surface area contributed by atoms with Gasteiger partial charge in [-0.2, -0.15) is 0 Å². The van der Waals surface area contributed by atoms with Crippen molar-refractivity contribution in [2.24, 2.45) is 17.8 Å². The minimum atomic E-state index is 0.0341. The highest BCUT2D eigenvalue weighted by Gasteiger charge is 2.31. The summed E-state index contributed by atoms with van der Waals surface area (Å²) in [5.41, 5.74) is 3.99. The van der Waals surface area contributed by atoms with Crippen LogP contribution in [0.1, 0.15) is 132 Å². The number of ketones is 1. The average Bonchev–Trinajstić information content (AvgIpc) is 2.92. The van der Waals surface area contributed by atoms with Gasteiger partial charge in [0.25, 0.3) is 0 Å². The monoisotopic (exact) mass is 488 g/mol. The molecule has 0 amide bonds. The van der Waals surface area contributed by atoms with Gasteiger partial charge in [0.2, 0.25) is 0 Å². The lowest BCUT2D eigenvalue weighted by atomic mass is 9.68. The van der Waals surface area contributed by atoms with Crippen LogP contribution in [0, 0.1) is 17.8 Å². The number of hydrogen-bond acceptors (Lipinski definition) is 2. The SMILES string of the molecule is CCCCCC1CCC([C@H]2CC[C@@H](c3ccc(-c4ccc(C(=O)CCCC)c(O)c4)cc3)CC2)CC1. The molecule has 2 fully saturated rings. The highest BCUT2D eigenvalue weighted by Crippen LogP contribution is 2.44. The Morgan fingerprint density at radius 1 is 0.750 bits per heavy atom. The summed E-state index contributed by atoms with van der Waals surface area (Å²) in [7, 11) is 0. The molecule has 2 aliphatic carbocycles. The number of phenols is 1. The lowest BCUT2D eigenvalue weighted by Gasteiger charge is -2.38. The van der Waals surface area contributed by atoms with E-state index >= 15 is 0 Å². The Morgan fingerprint density at radius 3 is 1.97 bits per heavy atom. The van der Waals surface area contributed by atoms with E-state index in [9.17, 15) is 9.90 Å². The molecule has 196 valence electrons. The predicted octanol–water partition coefficient (Wildman–Crippen LogP) is 10.1. The van der Waals surface area contributed by atoms with Gasteiger partial charge in [0, 0.05) is 6.42 Å². The fourth-order valence-electron chi connectivity index (χ4n) is 6.92. The molecule has 1 N–H and O–H groups in total. The maximum atomic E-state index is 12.3. The van der Waals surface area contributed by atoms with Gasteiger partial charge in [-0.1, -0.05) is 89.1 Å². The van der Waals surface area contributed by atoms with Crippen LogP contribution in [-0.2, 0) is 0 Å². The van der Waals surface area contributed by atoms with Crippen molar-refractivity contribution in [3.63, 3.8) is 0 Å². The summed E-state index contributed by atoms with van der Waals surface area (Å²) in [5.74, 6) is 3.78. The number of hydrogen-bond donors (Lipinski definition) is 1. The molecule has 0 aromatic heterocycles. The molecule has 0 heterocycles. The zero-order chi connectivity index (χ0) is 25.3. The molecule has 2 aromatic rings. The second kappa shape index (κ2) is 13.5. The van der Waals surface area contributed by atoms with Crippen LogP contribution in [0.4, 0.5) is 0 Å². The van der Waals surface area contributed by atoms with Crippen LogP contribution in [0.15, 0.2) is 42.5 Å². The largest absolute Gasteiger partial charge is 0.507 e. The van der Waals surface area contributed by atoms with Crippen molar-refractivity contribution < 1.29 is 9.90 Å². The molecule has 4 rings (SSSR count). The summed E-state index contributed by atoms with van der Waals surface area (Å²) in [5, 5.41) is 10.5. The Morgan fingerprint density at radius 2 is 1.36 bits per heavy atom. The van der Waals surface area contributed by atoms with Gasteiger partial charge >= 0.3 is 0 Å². The summed E-state index contributed by atoms with van der Waals surface area (Å²) in [4.78, 5) is 12.3. The van der Waals surface area contributed by atoms with E-state index in [1.54, 1.807) is 12.1 Å². The number of phenolic OH excluding ortho intramolecular Hbond substituents is 1. The Bertz CT molecular complexity index is 944. The van der Waals surface area contributed by atoms with Gasteiger partial charge in [0.15, 0.2) is 5.78 Å². The van der Waals surface area contributed by atoms with Gasteiger partial charge in [-0.3, -0.25) is 4.79 Å². The van der Waals surface area contributed by atoms with Crippen LogP contribution in [0.5, 0.6) is 5.75 Å². The Balaban J connectivity index is 1.27. The van der Waals surface area contributed by atoms with Gasteiger partial charge in [-0.05, 0) is 97.4 Å². The number of unbranched alkanes of at least 4 members (excludes halogenated alkanes) is 3. The smallest absolute Gasteiger partial charge is 0.166 e. The van der Waals surface area contributed by atoms with Gasteiger partial charge in [0.05, 0.1) is 5.56 Å². The van der Waals surface area contributed by atoms with E-state index in [1.165, 1.54) is 82.6 Å². The Kier molecular flexibility index (Phi) is 10.1. The normalized spacial score (nSPS) is 24.5. The quantitative estimate of drug-likeness (QED) is 0.252. The van der Waals surface area contributed by atoms with Crippen LogP contribution in [0.3, 0.4) is 0 Å². The minimum Gasteiger partial charge on any atom is -0.507 e. The Labute approximate surface area is 219 Å². The highest BCUT2D eigenvalue weighted by atomic mass is 16.3. The first-order valence-corrected chi connectivity index (χ1v) is 15.1. The number of benzene rings is 2. The molecular weight excluding hydrogens is 440 g/mol. The van der Waals surface area contributed by atoms with E-state index in [-0.39, 0.29) is 11.5 Å². The predicted molar refractivity (Wildman–Crippen MR) is 152 cm³/mol. The third-order valence-electron chi connectivity index (χ3n) is 9.32. The third-order valence-corrected chi connectivity index (χ3v) is 9.32. The summed E-state index contributed by atoms with van der Waals surface area (Å²) < 4.78 is 0. The summed E-state index contributed by atoms with van der Waals surface area (Å²) in [6.45, 7) is 4.39. The first-order valence-electron chi connectivity index (χ1n) is 15.1. The minimum absolute atomic E-state index is 0.0341. The molecule has 0 atom stereocenters. The highest BCUT2D eigenvalue weighted by molar-refractivity contribution is 5.99. The molecule has 0 spiro atoms. The standard InChI is InChI=1S/C34H48O2/c1-3-5-7-8-25-10-12-26(13-11-25)27-14-16-28(17-15-27)29-18-20-30(21-19-29)31-22-23-32(34(36)24-31)33(35)9-6-4-2/h18-28,36H,3-17H2,1-2H3/t25?,26?,27-,28+. The number of carbonyl (C=O) groups is 1. The molecule has 0 radical (unpaired) electrons. The summed E-state index contributed by atoms with van der Waals surface area (Å²) in [6.07, 6.45) is 19.4. The van der Waals surface area contributed by atoms with E-state index in [1.807, 2.05) is 6.07 Å². The van der Waals surface area contributed by atoms with Crippen molar-refractivity contribution in [1.82, 2.24) is 0 Å². The maximum Gasteiger partial charge on any atom is 0.166 e. The molecule has 2 saturated carbocycles. The van der Waals surface area contributed by atoms with Crippen LogP contribution in [0.25, 0.3) is 11.1 Å². The zero-order valence-electron chi connectivity index (χ0n) is 22.8. The molecular formula is C34H48O2. The van der Waals surface area contributed by atoms with Crippen molar-refractivity contribution in [3.8, 4) is 16.9 Å². The molecule has 0 saturated heterocycles.